The normalized spacial score (nSPS) is 9.89. The summed E-state index contributed by atoms with van der Waals surface area (Å²) in [7, 11) is 0. The molecule has 5 heteroatoms. The first-order valence-corrected chi connectivity index (χ1v) is 6.45. The first-order valence-electron chi connectivity index (χ1n) is 6.45. The van der Waals surface area contributed by atoms with Crippen molar-refractivity contribution < 1.29 is 9.53 Å². The molecule has 0 aromatic heterocycles. The van der Waals surface area contributed by atoms with E-state index in [1.807, 2.05) is 38.1 Å². The van der Waals surface area contributed by atoms with E-state index in [2.05, 4.69) is 5.32 Å². The molecule has 19 heavy (non-hydrogen) atoms. The van der Waals surface area contributed by atoms with Gasteiger partial charge < -0.3 is 15.8 Å². The number of rotatable bonds is 7. The Hall–Kier alpha value is -1.26. The lowest BCUT2D eigenvalue weighted by Gasteiger charge is -2.13. The van der Waals surface area contributed by atoms with E-state index < -0.39 is 0 Å². The van der Waals surface area contributed by atoms with Gasteiger partial charge in [-0.05, 0) is 37.1 Å². The summed E-state index contributed by atoms with van der Waals surface area (Å²) < 4.78 is 5.37. The van der Waals surface area contributed by atoms with Crippen LogP contribution in [0.2, 0.25) is 0 Å². The Balaban J connectivity index is 0.00000324. The molecule has 1 aromatic rings. The van der Waals surface area contributed by atoms with E-state index in [9.17, 15) is 4.79 Å². The van der Waals surface area contributed by atoms with Crippen LogP contribution in [0.4, 0.5) is 5.69 Å². The SMILES string of the molecule is CCC(CC)C(=O)Nc1ccc(OCCN)cc1.Cl. The highest BCUT2D eigenvalue weighted by atomic mass is 35.5. The number of benzene rings is 1. The van der Waals surface area contributed by atoms with E-state index in [1.54, 1.807) is 0 Å². The standard InChI is InChI=1S/C14H22N2O2.ClH/c1-3-11(4-2)14(17)16-12-5-7-13(8-6-12)18-10-9-15;/h5-8,11H,3-4,9-10,15H2,1-2H3,(H,16,17);1H. The van der Waals surface area contributed by atoms with E-state index in [0.29, 0.717) is 13.2 Å². The summed E-state index contributed by atoms with van der Waals surface area (Å²) in [5.41, 5.74) is 6.15. The first kappa shape index (κ1) is 17.7. The second kappa shape index (κ2) is 9.64. The second-order valence-corrected chi connectivity index (χ2v) is 4.16. The molecular weight excluding hydrogens is 264 g/mol. The molecule has 0 spiro atoms. The summed E-state index contributed by atoms with van der Waals surface area (Å²) >= 11 is 0. The summed E-state index contributed by atoms with van der Waals surface area (Å²) in [6.07, 6.45) is 1.72. The molecule has 0 aliphatic heterocycles. The fourth-order valence-electron chi connectivity index (χ4n) is 1.72. The van der Waals surface area contributed by atoms with E-state index in [1.165, 1.54) is 0 Å². The van der Waals surface area contributed by atoms with Gasteiger partial charge in [0.2, 0.25) is 5.91 Å². The Kier molecular flexibility index (Phi) is 9.00. The molecule has 0 aliphatic carbocycles. The molecule has 4 nitrogen and oxygen atoms in total. The van der Waals surface area contributed by atoms with Crippen LogP contribution in [-0.2, 0) is 4.79 Å². The highest BCUT2D eigenvalue weighted by molar-refractivity contribution is 5.92. The van der Waals surface area contributed by atoms with Crippen molar-refractivity contribution in [2.24, 2.45) is 11.7 Å². The maximum atomic E-state index is 11.9. The fourth-order valence-corrected chi connectivity index (χ4v) is 1.72. The van der Waals surface area contributed by atoms with E-state index in [0.717, 1.165) is 24.3 Å². The molecule has 3 N–H and O–H groups in total. The number of carbonyl (C=O) groups excluding carboxylic acids is 1. The fraction of sp³-hybridized carbons (Fsp3) is 0.500. The second-order valence-electron chi connectivity index (χ2n) is 4.16. The van der Waals surface area contributed by atoms with Crippen molar-refractivity contribution in [1.82, 2.24) is 0 Å². The molecular formula is C14H23ClN2O2. The quantitative estimate of drug-likeness (QED) is 0.810. The van der Waals surface area contributed by atoms with Crippen LogP contribution < -0.4 is 15.8 Å². The van der Waals surface area contributed by atoms with Crippen molar-refractivity contribution in [3.8, 4) is 5.75 Å². The topological polar surface area (TPSA) is 64.3 Å². The Labute approximate surface area is 121 Å². The lowest BCUT2D eigenvalue weighted by molar-refractivity contribution is -0.120. The van der Waals surface area contributed by atoms with Crippen LogP contribution in [-0.4, -0.2) is 19.1 Å². The Morgan fingerprint density at radius 3 is 2.32 bits per heavy atom. The minimum atomic E-state index is 0. The minimum Gasteiger partial charge on any atom is -0.492 e. The Morgan fingerprint density at radius 1 is 1.26 bits per heavy atom. The number of ether oxygens (including phenoxy) is 1. The maximum absolute atomic E-state index is 11.9. The largest absolute Gasteiger partial charge is 0.492 e. The third kappa shape index (κ3) is 5.94. The molecule has 0 fully saturated rings. The summed E-state index contributed by atoms with van der Waals surface area (Å²) in [5.74, 6) is 0.926. The number of halogens is 1. The van der Waals surface area contributed by atoms with E-state index >= 15 is 0 Å². The van der Waals surface area contributed by atoms with Gasteiger partial charge in [0, 0.05) is 18.2 Å². The van der Waals surface area contributed by atoms with E-state index in [-0.39, 0.29) is 24.2 Å². The predicted molar refractivity (Wildman–Crippen MR) is 80.9 cm³/mol. The summed E-state index contributed by atoms with van der Waals surface area (Å²) in [6.45, 7) is 5.04. The number of hydrogen-bond donors (Lipinski definition) is 2. The van der Waals surface area contributed by atoms with Crippen LogP contribution in [0.25, 0.3) is 0 Å². The van der Waals surface area contributed by atoms with Crippen molar-refractivity contribution in [3.05, 3.63) is 24.3 Å². The van der Waals surface area contributed by atoms with Gasteiger partial charge in [0.1, 0.15) is 12.4 Å². The number of hydrogen-bond acceptors (Lipinski definition) is 3. The zero-order chi connectivity index (χ0) is 13.4. The third-order valence-corrected chi connectivity index (χ3v) is 2.86. The molecule has 1 aromatic carbocycles. The van der Waals surface area contributed by atoms with Gasteiger partial charge in [0.25, 0.3) is 0 Å². The predicted octanol–water partition coefficient (Wildman–Crippen LogP) is 2.82. The molecule has 0 saturated heterocycles. The van der Waals surface area contributed by atoms with Gasteiger partial charge in [-0.1, -0.05) is 13.8 Å². The van der Waals surface area contributed by atoms with Crippen LogP contribution in [0.15, 0.2) is 24.3 Å². The van der Waals surface area contributed by atoms with Crippen LogP contribution in [0.5, 0.6) is 5.75 Å². The zero-order valence-corrected chi connectivity index (χ0v) is 12.3. The van der Waals surface area contributed by atoms with Crippen molar-refractivity contribution in [1.29, 1.82) is 0 Å². The molecule has 0 saturated carbocycles. The molecule has 0 radical (unpaired) electrons. The molecule has 108 valence electrons. The third-order valence-electron chi connectivity index (χ3n) is 2.86. The number of nitrogens with two attached hydrogens (primary N) is 1. The Bertz CT molecular complexity index is 364. The van der Waals surface area contributed by atoms with Gasteiger partial charge in [-0.3, -0.25) is 4.79 Å². The molecule has 0 heterocycles. The molecule has 0 unspecified atom stereocenters. The van der Waals surface area contributed by atoms with Crippen LogP contribution in [0.1, 0.15) is 26.7 Å². The molecule has 0 bridgehead atoms. The monoisotopic (exact) mass is 286 g/mol. The number of carbonyl (C=O) groups is 1. The van der Waals surface area contributed by atoms with Crippen LogP contribution in [0, 0.1) is 5.92 Å². The minimum absolute atomic E-state index is 0. The average Bonchev–Trinajstić information content (AvgIpc) is 2.39. The lowest BCUT2D eigenvalue weighted by atomic mass is 10.0. The van der Waals surface area contributed by atoms with Gasteiger partial charge in [-0.25, -0.2) is 0 Å². The van der Waals surface area contributed by atoms with Gasteiger partial charge in [-0.15, -0.1) is 12.4 Å². The van der Waals surface area contributed by atoms with Crippen LogP contribution >= 0.6 is 12.4 Å². The molecule has 0 atom stereocenters. The Morgan fingerprint density at radius 2 is 1.84 bits per heavy atom. The van der Waals surface area contributed by atoms with Gasteiger partial charge in [0.05, 0.1) is 0 Å². The van der Waals surface area contributed by atoms with Crippen molar-refractivity contribution in [3.63, 3.8) is 0 Å². The van der Waals surface area contributed by atoms with Gasteiger partial charge >= 0.3 is 0 Å². The van der Waals surface area contributed by atoms with Crippen molar-refractivity contribution in [2.45, 2.75) is 26.7 Å². The highest BCUT2D eigenvalue weighted by Crippen LogP contribution is 2.17. The lowest BCUT2D eigenvalue weighted by Crippen LogP contribution is -2.21. The summed E-state index contributed by atoms with van der Waals surface area (Å²) in [6, 6.07) is 7.34. The smallest absolute Gasteiger partial charge is 0.227 e. The summed E-state index contributed by atoms with van der Waals surface area (Å²) in [5, 5.41) is 2.91. The zero-order valence-electron chi connectivity index (χ0n) is 11.5. The van der Waals surface area contributed by atoms with E-state index in [4.69, 9.17) is 10.5 Å². The van der Waals surface area contributed by atoms with Gasteiger partial charge in [-0.2, -0.15) is 0 Å². The van der Waals surface area contributed by atoms with Crippen LogP contribution in [0.3, 0.4) is 0 Å². The number of amides is 1. The number of nitrogens with one attached hydrogen (secondary N) is 1. The maximum Gasteiger partial charge on any atom is 0.227 e. The number of anilines is 1. The van der Waals surface area contributed by atoms with Crippen molar-refractivity contribution >= 4 is 24.0 Å². The average molecular weight is 287 g/mol. The first-order chi connectivity index (χ1) is 8.71. The van der Waals surface area contributed by atoms with Crippen molar-refractivity contribution in [2.75, 3.05) is 18.5 Å². The van der Waals surface area contributed by atoms with Gasteiger partial charge in [0.15, 0.2) is 0 Å². The summed E-state index contributed by atoms with van der Waals surface area (Å²) in [4.78, 5) is 11.9. The molecule has 1 amide bonds. The molecule has 0 aliphatic rings. The molecule has 1 rings (SSSR count). The highest BCUT2D eigenvalue weighted by Gasteiger charge is 2.13.